The summed E-state index contributed by atoms with van der Waals surface area (Å²) in [6, 6.07) is 12.3. The maximum absolute atomic E-state index is 12.5. The van der Waals surface area contributed by atoms with Crippen LogP contribution < -0.4 is 20.3 Å². The number of aryl methyl sites for hydroxylation is 1. The zero-order valence-corrected chi connectivity index (χ0v) is 14.7. The Morgan fingerprint density at radius 3 is 2.19 bits per heavy atom. The third kappa shape index (κ3) is 3.32. The molecule has 0 spiro atoms. The Morgan fingerprint density at radius 2 is 1.54 bits per heavy atom. The van der Waals surface area contributed by atoms with Gasteiger partial charge in [-0.05, 0) is 18.2 Å². The Hall–Kier alpha value is -3.48. The Labute approximate surface area is 150 Å². The average molecular weight is 353 g/mol. The average Bonchev–Trinajstić information content (AvgIpc) is 3.02. The summed E-state index contributed by atoms with van der Waals surface area (Å²) in [5.41, 5.74) is 6.57. The standard InChI is InChI=1S/C19H19N3O4/c1-22-11-16(15-6-4-5-7-17(15)22)19(24)21-20-18(23)12-8-13(25-2)10-14(9-12)26-3/h4-11H,1-3H3,(H,20,23)(H,21,24). The number of rotatable bonds is 4. The number of hydrogen-bond acceptors (Lipinski definition) is 4. The number of carbonyl (C=O) groups excluding carboxylic acids is 2. The number of methoxy groups -OCH3 is 2. The largest absolute Gasteiger partial charge is 0.497 e. The van der Waals surface area contributed by atoms with E-state index in [2.05, 4.69) is 10.9 Å². The Balaban J connectivity index is 1.76. The van der Waals surface area contributed by atoms with Crippen molar-refractivity contribution in [2.24, 2.45) is 7.05 Å². The summed E-state index contributed by atoms with van der Waals surface area (Å²) in [6.45, 7) is 0. The summed E-state index contributed by atoms with van der Waals surface area (Å²) in [5.74, 6) is 0.0885. The van der Waals surface area contributed by atoms with Gasteiger partial charge in [-0.15, -0.1) is 0 Å². The fourth-order valence-electron chi connectivity index (χ4n) is 2.71. The van der Waals surface area contributed by atoms with E-state index in [1.54, 1.807) is 24.4 Å². The number of nitrogens with one attached hydrogen (secondary N) is 2. The summed E-state index contributed by atoms with van der Waals surface area (Å²) in [5, 5.41) is 0.810. The predicted molar refractivity (Wildman–Crippen MR) is 97.4 cm³/mol. The molecule has 0 fully saturated rings. The topological polar surface area (TPSA) is 81.6 Å². The smallest absolute Gasteiger partial charge is 0.271 e. The van der Waals surface area contributed by atoms with Crippen LogP contribution in [-0.2, 0) is 7.05 Å². The zero-order valence-electron chi connectivity index (χ0n) is 14.7. The number of nitrogens with zero attached hydrogens (tertiary/aromatic N) is 1. The Kier molecular flexibility index (Phi) is 4.79. The molecule has 3 rings (SSSR count). The van der Waals surface area contributed by atoms with Crippen molar-refractivity contribution in [3.63, 3.8) is 0 Å². The number of carbonyl (C=O) groups is 2. The Bertz CT molecular complexity index is 956. The molecule has 7 heteroatoms. The quantitative estimate of drug-likeness (QED) is 0.705. The van der Waals surface area contributed by atoms with Crippen molar-refractivity contribution in [1.29, 1.82) is 0 Å². The monoisotopic (exact) mass is 353 g/mol. The highest BCUT2D eigenvalue weighted by atomic mass is 16.5. The molecule has 26 heavy (non-hydrogen) atoms. The molecule has 0 unspecified atom stereocenters. The first-order valence-corrected chi connectivity index (χ1v) is 7.91. The fourth-order valence-corrected chi connectivity index (χ4v) is 2.71. The van der Waals surface area contributed by atoms with Gasteiger partial charge in [0.05, 0.1) is 19.8 Å². The molecule has 2 amide bonds. The van der Waals surface area contributed by atoms with Gasteiger partial charge in [0.2, 0.25) is 0 Å². The summed E-state index contributed by atoms with van der Waals surface area (Å²) >= 11 is 0. The lowest BCUT2D eigenvalue weighted by Gasteiger charge is -2.10. The van der Waals surface area contributed by atoms with Crippen LogP contribution in [0.15, 0.2) is 48.7 Å². The van der Waals surface area contributed by atoms with Gasteiger partial charge in [0.15, 0.2) is 0 Å². The number of aromatic nitrogens is 1. The van der Waals surface area contributed by atoms with Crippen molar-refractivity contribution in [3.05, 3.63) is 59.8 Å². The van der Waals surface area contributed by atoms with E-state index in [1.807, 2.05) is 35.9 Å². The molecule has 1 aromatic heterocycles. The lowest BCUT2D eigenvalue weighted by atomic mass is 10.1. The predicted octanol–water partition coefficient (Wildman–Crippen LogP) is 2.27. The van der Waals surface area contributed by atoms with Crippen molar-refractivity contribution in [2.45, 2.75) is 0 Å². The van der Waals surface area contributed by atoms with Gasteiger partial charge in [0.25, 0.3) is 11.8 Å². The van der Waals surface area contributed by atoms with Gasteiger partial charge < -0.3 is 14.0 Å². The molecule has 0 aliphatic carbocycles. The van der Waals surface area contributed by atoms with Crippen molar-refractivity contribution in [3.8, 4) is 11.5 Å². The van der Waals surface area contributed by atoms with Gasteiger partial charge in [-0.25, -0.2) is 0 Å². The molecular weight excluding hydrogens is 334 g/mol. The van der Waals surface area contributed by atoms with E-state index in [9.17, 15) is 9.59 Å². The number of para-hydroxylation sites is 1. The molecule has 0 aliphatic heterocycles. The van der Waals surface area contributed by atoms with Crippen molar-refractivity contribution < 1.29 is 19.1 Å². The number of ether oxygens (including phenoxy) is 2. The van der Waals surface area contributed by atoms with Gasteiger partial charge in [-0.2, -0.15) is 0 Å². The third-order valence-corrected chi connectivity index (χ3v) is 4.04. The second kappa shape index (κ2) is 7.18. The maximum Gasteiger partial charge on any atom is 0.271 e. The number of hydrogen-bond donors (Lipinski definition) is 2. The first kappa shape index (κ1) is 17.3. The normalized spacial score (nSPS) is 10.4. The molecule has 0 bridgehead atoms. The number of fused-ring (bicyclic) bond motifs is 1. The van der Waals surface area contributed by atoms with Gasteiger partial charge in [-0.3, -0.25) is 20.4 Å². The highest BCUT2D eigenvalue weighted by Gasteiger charge is 2.15. The highest BCUT2D eigenvalue weighted by molar-refractivity contribution is 6.08. The highest BCUT2D eigenvalue weighted by Crippen LogP contribution is 2.22. The van der Waals surface area contributed by atoms with E-state index >= 15 is 0 Å². The number of benzene rings is 2. The van der Waals surface area contributed by atoms with E-state index in [-0.39, 0.29) is 0 Å². The van der Waals surface area contributed by atoms with Gasteiger partial charge in [0, 0.05) is 35.8 Å². The molecule has 2 N–H and O–H groups in total. The van der Waals surface area contributed by atoms with Crippen LogP contribution in [0.2, 0.25) is 0 Å². The van der Waals surface area contributed by atoms with E-state index in [0.717, 1.165) is 10.9 Å². The van der Waals surface area contributed by atoms with Crippen LogP contribution in [0.1, 0.15) is 20.7 Å². The van der Waals surface area contributed by atoms with Gasteiger partial charge in [-0.1, -0.05) is 18.2 Å². The summed E-state index contributed by atoms with van der Waals surface area (Å²) in [7, 11) is 4.86. The van der Waals surface area contributed by atoms with Crippen LogP contribution in [0.4, 0.5) is 0 Å². The van der Waals surface area contributed by atoms with Crippen LogP contribution in [0.3, 0.4) is 0 Å². The second-order valence-electron chi connectivity index (χ2n) is 5.68. The van der Waals surface area contributed by atoms with E-state index < -0.39 is 11.8 Å². The molecular formula is C19H19N3O4. The van der Waals surface area contributed by atoms with Crippen molar-refractivity contribution in [1.82, 2.24) is 15.4 Å². The first-order valence-electron chi connectivity index (χ1n) is 7.91. The van der Waals surface area contributed by atoms with Gasteiger partial charge >= 0.3 is 0 Å². The molecule has 7 nitrogen and oxygen atoms in total. The molecule has 0 saturated heterocycles. The van der Waals surface area contributed by atoms with E-state index in [1.165, 1.54) is 14.2 Å². The molecule has 0 aliphatic rings. The van der Waals surface area contributed by atoms with E-state index in [4.69, 9.17) is 9.47 Å². The molecule has 2 aromatic carbocycles. The molecule has 0 saturated carbocycles. The summed E-state index contributed by atoms with van der Waals surface area (Å²) in [6.07, 6.45) is 1.72. The minimum atomic E-state index is -0.476. The van der Waals surface area contributed by atoms with Crippen LogP contribution in [-0.4, -0.2) is 30.6 Å². The maximum atomic E-state index is 12.5. The zero-order chi connectivity index (χ0) is 18.7. The first-order chi connectivity index (χ1) is 12.5. The lowest BCUT2D eigenvalue weighted by molar-refractivity contribution is 0.0847. The lowest BCUT2D eigenvalue weighted by Crippen LogP contribution is -2.41. The fraction of sp³-hybridized carbons (Fsp3) is 0.158. The van der Waals surface area contributed by atoms with Crippen LogP contribution in [0.25, 0.3) is 10.9 Å². The molecule has 0 radical (unpaired) electrons. The molecule has 134 valence electrons. The SMILES string of the molecule is COc1cc(OC)cc(C(=O)NNC(=O)c2cn(C)c3ccccc23)c1. The summed E-state index contributed by atoms with van der Waals surface area (Å²) in [4.78, 5) is 24.8. The third-order valence-electron chi connectivity index (χ3n) is 4.04. The van der Waals surface area contributed by atoms with Crippen LogP contribution in [0.5, 0.6) is 11.5 Å². The number of amides is 2. The minimum Gasteiger partial charge on any atom is -0.497 e. The van der Waals surface area contributed by atoms with Crippen LogP contribution in [0, 0.1) is 0 Å². The molecule has 1 heterocycles. The number of hydrazine groups is 1. The molecule has 0 atom stereocenters. The minimum absolute atomic E-state index is 0.305. The Morgan fingerprint density at radius 1 is 0.923 bits per heavy atom. The molecule has 3 aromatic rings. The van der Waals surface area contributed by atoms with E-state index in [0.29, 0.717) is 22.6 Å². The van der Waals surface area contributed by atoms with Crippen LogP contribution >= 0.6 is 0 Å². The summed E-state index contributed by atoms with van der Waals surface area (Å²) < 4.78 is 12.1. The van der Waals surface area contributed by atoms with Crippen molar-refractivity contribution in [2.75, 3.05) is 14.2 Å². The second-order valence-corrected chi connectivity index (χ2v) is 5.68. The van der Waals surface area contributed by atoms with Crippen molar-refractivity contribution >= 4 is 22.7 Å². The van der Waals surface area contributed by atoms with Gasteiger partial charge in [0.1, 0.15) is 11.5 Å².